The van der Waals surface area contributed by atoms with E-state index in [1.165, 1.54) is 0 Å². The van der Waals surface area contributed by atoms with E-state index < -0.39 is 5.60 Å². The third-order valence-corrected chi connectivity index (χ3v) is 3.98. The van der Waals surface area contributed by atoms with Crippen molar-refractivity contribution in [2.24, 2.45) is 5.41 Å². The van der Waals surface area contributed by atoms with Crippen LogP contribution in [-0.2, 0) is 4.79 Å². The minimum absolute atomic E-state index is 0.200. The summed E-state index contributed by atoms with van der Waals surface area (Å²) < 4.78 is 0. The topological polar surface area (TPSA) is 37.3 Å². The Bertz CT molecular complexity index is 329. The summed E-state index contributed by atoms with van der Waals surface area (Å²) >= 11 is 0. The number of ketones is 1. The minimum Gasteiger partial charge on any atom is -0.385 e. The van der Waals surface area contributed by atoms with Gasteiger partial charge in [0.05, 0.1) is 5.60 Å². The number of allylic oxidation sites excluding steroid dienone is 1. The van der Waals surface area contributed by atoms with E-state index in [1.54, 1.807) is 12.2 Å². The molecule has 0 unspecified atom stereocenters. The summed E-state index contributed by atoms with van der Waals surface area (Å²) in [6.45, 7) is 5.75. The van der Waals surface area contributed by atoms with Crippen LogP contribution in [0.4, 0.5) is 0 Å². The van der Waals surface area contributed by atoms with Crippen molar-refractivity contribution >= 4 is 5.78 Å². The van der Waals surface area contributed by atoms with Crippen LogP contribution >= 0.6 is 0 Å². The van der Waals surface area contributed by atoms with Crippen molar-refractivity contribution in [3.8, 4) is 0 Å². The number of hydrogen-bond acceptors (Lipinski definition) is 2. The van der Waals surface area contributed by atoms with E-state index in [4.69, 9.17) is 0 Å². The lowest BCUT2D eigenvalue weighted by Gasteiger charge is -2.40. The summed E-state index contributed by atoms with van der Waals surface area (Å²) in [7, 11) is 0. The molecule has 2 aliphatic carbocycles. The molecule has 14 heavy (non-hydrogen) atoms. The molecule has 2 nitrogen and oxygen atoms in total. The quantitative estimate of drug-likeness (QED) is 0.645. The molecule has 2 atom stereocenters. The second-order valence-electron chi connectivity index (χ2n) is 4.60. The highest BCUT2D eigenvalue weighted by atomic mass is 16.3. The third kappa shape index (κ3) is 1.04. The summed E-state index contributed by atoms with van der Waals surface area (Å²) in [6, 6.07) is 0. The van der Waals surface area contributed by atoms with Crippen molar-refractivity contribution in [2.45, 2.75) is 38.2 Å². The van der Waals surface area contributed by atoms with E-state index in [0.29, 0.717) is 12.8 Å². The summed E-state index contributed by atoms with van der Waals surface area (Å²) in [4.78, 5) is 11.3. The van der Waals surface area contributed by atoms with Gasteiger partial charge in [0.25, 0.3) is 0 Å². The number of carbonyl (C=O) groups is 1. The Labute approximate surface area is 84.3 Å². The molecule has 2 aliphatic rings. The second kappa shape index (κ2) is 2.80. The van der Waals surface area contributed by atoms with Crippen LogP contribution in [-0.4, -0.2) is 16.5 Å². The largest absolute Gasteiger partial charge is 0.385 e. The van der Waals surface area contributed by atoms with Crippen molar-refractivity contribution in [3.63, 3.8) is 0 Å². The lowest BCUT2D eigenvalue weighted by molar-refractivity contribution is -0.116. The standard InChI is InChI=1S/C12H16O2/c1-3-12(14)7-4-9-8-10(13)5-6-11(9,12)2/h3,8,14H,1,4-7H2,2H3/t11-,12-/m0/s1. The molecule has 2 rings (SSSR count). The molecule has 0 saturated heterocycles. The third-order valence-electron chi connectivity index (χ3n) is 3.98. The SMILES string of the molecule is C=C[C@]1(O)CCC2=CC(=O)CC[C@@]21C. The van der Waals surface area contributed by atoms with Gasteiger partial charge in [0.1, 0.15) is 0 Å². The fourth-order valence-corrected chi connectivity index (χ4v) is 2.73. The molecule has 0 spiro atoms. The Balaban J connectivity index is 2.46. The average molecular weight is 192 g/mol. The van der Waals surface area contributed by atoms with Gasteiger partial charge in [-0.25, -0.2) is 0 Å². The normalized spacial score (nSPS) is 41.9. The van der Waals surface area contributed by atoms with Gasteiger partial charge in [-0.3, -0.25) is 4.79 Å². The minimum atomic E-state index is -0.806. The first-order chi connectivity index (χ1) is 6.52. The zero-order valence-electron chi connectivity index (χ0n) is 8.55. The molecule has 0 heterocycles. The summed E-state index contributed by atoms with van der Waals surface area (Å²) in [5.74, 6) is 0.200. The van der Waals surface area contributed by atoms with E-state index in [-0.39, 0.29) is 11.2 Å². The molecule has 1 saturated carbocycles. The molecule has 0 bridgehead atoms. The molecule has 76 valence electrons. The maximum Gasteiger partial charge on any atom is 0.155 e. The predicted octanol–water partition coefficient (Wildman–Crippen LogP) is 1.99. The van der Waals surface area contributed by atoms with E-state index in [9.17, 15) is 9.90 Å². The molecule has 0 aromatic carbocycles. The van der Waals surface area contributed by atoms with Gasteiger partial charge < -0.3 is 5.11 Å². The molecule has 0 aliphatic heterocycles. The zero-order valence-corrected chi connectivity index (χ0v) is 8.55. The molecule has 1 fully saturated rings. The van der Waals surface area contributed by atoms with Crippen molar-refractivity contribution < 1.29 is 9.90 Å². The molecular weight excluding hydrogens is 176 g/mol. The predicted molar refractivity (Wildman–Crippen MR) is 54.8 cm³/mol. The Morgan fingerprint density at radius 2 is 2.21 bits per heavy atom. The van der Waals surface area contributed by atoms with Gasteiger partial charge in [-0.1, -0.05) is 18.6 Å². The van der Waals surface area contributed by atoms with Crippen LogP contribution in [0.2, 0.25) is 0 Å². The van der Waals surface area contributed by atoms with Crippen LogP contribution in [0.1, 0.15) is 32.6 Å². The Morgan fingerprint density at radius 1 is 1.50 bits per heavy atom. The molecule has 1 N–H and O–H groups in total. The number of aliphatic hydroxyl groups is 1. The Kier molecular flexibility index (Phi) is 1.93. The molecular formula is C12H16O2. The number of fused-ring (bicyclic) bond motifs is 1. The zero-order chi connectivity index (χ0) is 10.4. The highest BCUT2D eigenvalue weighted by molar-refractivity contribution is 5.91. The average Bonchev–Trinajstić information content (AvgIpc) is 2.42. The number of hydrogen-bond donors (Lipinski definition) is 1. The Morgan fingerprint density at radius 3 is 2.86 bits per heavy atom. The van der Waals surface area contributed by atoms with Gasteiger partial charge >= 0.3 is 0 Å². The molecule has 2 heteroatoms. The van der Waals surface area contributed by atoms with E-state index in [0.717, 1.165) is 18.4 Å². The monoisotopic (exact) mass is 192 g/mol. The van der Waals surface area contributed by atoms with Crippen LogP contribution in [0.3, 0.4) is 0 Å². The van der Waals surface area contributed by atoms with Crippen molar-refractivity contribution in [1.82, 2.24) is 0 Å². The lowest BCUT2D eigenvalue weighted by Crippen LogP contribution is -2.42. The van der Waals surface area contributed by atoms with Crippen LogP contribution in [0.25, 0.3) is 0 Å². The first-order valence-electron chi connectivity index (χ1n) is 5.12. The highest BCUT2D eigenvalue weighted by Gasteiger charge is 2.52. The van der Waals surface area contributed by atoms with Crippen LogP contribution < -0.4 is 0 Å². The number of rotatable bonds is 1. The van der Waals surface area contributed by atoms with Gasteiger partial charge in [-0.15, -0.1) is 6.58 Å². The van der Waals surface area contributed by atoms with E-state index in [1.807, 2.05) is 6.92 Å². The van der Waals surface area contributed by atoms with Crippen molar-refractivity contribution in [2.75, 3.05) is 0 Å². The fourth-order valence-electron chi connectivity index (χ4n) is 2.73. The highest BCUT2D eigenvalue weighted by Crippen LogP contribution is 2.55. The summed E-state index contributed by atoms with van der Waals surface area (Å²) in [5, 5.41) is 10.4. The summed E-state index contributed by atoms with van der Waals surface area (Å²) in [6.07, 6.45) is 6.20. The molecule has 0 radical (unpaired) electrons. The maximum atomic E-state index is 11.3. The van der Waals surface area contributed by atoms with Gasteiger partial charge in [0.15, 0.2) is 5.78 Å². The number of carbonyl (C=O) groups excluding carboxylic acids is 1. The van der Waals surface area contributed by atoms with Crippen LogP contribution in [0.15, 0.2) is 24.3 Å². The summed E-state index contributed by atoms with van der Waals surface area (Å²) in [5.41, 5.74) is 0.0542. The van der Waals surface area contributed by atoms with Gasteiger partial charge in [0, 0.05) is 11.8 Å². The first-order valence-corrected chi connectivity index (χ1v) is 5.12. The van der Waals surface area contributed by atoms with Gasteiger partial charge in [-0.05, 0) is 25.3 Å². The first kappa shape index (κ1) is 9.66. The lowest BCUT2D eigenvalue weighted by atomic mass is 9.68. The van der Waals surface area contributed by atoms with Crippen molar-refractivity contribution in [1.29, 1.82) is 0 Å². The van der Waals surface area contributed by atoms with E-state index in [2.05, 4.69) is 6.58 Å². The molecule has 0 aromatic heterocycles. The Hall–Kier alpha value is -0.890. The van der Waals surface area contributed by atoms with Crippen molar-refractivity contribution in [3.05, 3.63) is 24.3 Å². The fraction of sp³-hybridized carbons (Fsp3) is 0.583. The van der Waals surface area contributed by atoms with Crippen LogP contribution in [0.5, 0.6) is 0 Å². The van der Waals surface area contributed by atoms with Crippen LogP contribution in [0, 0.1) is 5.41 Å². The van der Waals surface area contributed by atoms with Gasteiger partial charge in [-0.2, -0.15) is 0 Å². The van der Waals surface area contributed by atoms with Gasteiger partial charge in [0.2, 0.25) is 0 Å². The smallest absolute Gasteiger partial charge is 0.155 e. The molecule has 0 aromatic rings. The molecule has 0 amide bonds. The maximum absolute atomic E-state index is 11.3. The second-order valence-corrected chi connectivity index (χ2v) is 4.60. The van der Waals surface area contributed by atoms with E-state index >= 15 is 0 Å².